The van der Waals surface area contributed by atoms with Crippen LogP contribution in [0, 0.1) is 0 Å². The molecule has 166 valence electrons. The summed E-state index contributed by atoms with van der Waals surface area (Å²) in [7, 11) is 1.59. The molecule has 0 unspecified atom stereocenters. The SMILES string of the molecule is COc1ccc([C@@H](CC(=O)O)[C@H]2O[C@@H]3OC(C)(C)O[C@@H]3[C@H]2OCc2ccccc2)cc1. The van der Waals surface area contributed by atoms with Crippen molar-refractivity contribution in [2.45, 2.75) is 63.2 Å². The van der Waals surface area contributed by atoms with Crippen LogP contribution in [-0.2, 0) is 30.3 Å². The molecule has 2 fully saturated rings. The van der Waals surface area contributed by atoms with Crippen molar-refractivity contribution >= 4 is 5.97 Å². The second kappa shape index (κ2) is 8.96. The first kappa shape index (κ1) is 21.8. The molecular weight excluding hydrogens is 400 g/mol. The van der Waals surface area contributed by atoms with Crippen molar-refractivity contribution in [1.29, 1.82) is 0 Å². The maximum Gasteiger partial charge on any atom is 0.304 e. The van der Waals surface area contributed by atoms with Crippen LogP contribution in [-0.4, -0.2) is 48.6 Å². The Kier molecular flexibility index (Phi) is 6.29. The van der Waals surface area contributed by atoms with Crippen LogP contribution in [0.15, 0.2) is 54.6 Å². The number of methoxy groups -OCH3 is 1. The minimum atomic E-state index is -0.912. The van der Waals surface area contributed by atoms with E-state index >= 15 is 0 Å². The monoisotopic (exact) mass is 428 g/mol. The van der Waals surface area contributed by atoms with Gasteiger partial charge in [0.1, 0.15) is 18.0 Å². The molecule has 7 nitrogen and oxygen atoms in total. The van der Waals surface area contributed by atoms with Gasteiger partial charge in [0, 0.05) is 5.92 Å². The minimum absolute atomic E-state index is 0.106. The smallest absolute Gasteiger partial charge is 0.304 e. The van der Waals surface area contributed by atoms with Crippen LogP contribution in [0.25, 0.3) is 0 Å². The van der Waals surface area contributed by atoms with E-state index in [9.17, 15) is 9.90 Å². The van der Waals surface area contributed by atoms with Crippen molar-refractivity contribution in [3.63, 3.8) is 0 Å². The second-order valence-electron chi connectivity index (χ2n) is 8.31. The molecule has 4 rings (SSSR count). The van der Waals surface area contributed by atoms with Crippen LogP contribution >= 0.6 is 0 Å². The third-order valence-corrected chi connectivity index (χ3v) is 5.65. The highest BCUT2D eigenvalue weighted by Gasteiger charge is 2.57. The van der Waals surface area contributed by atoms with E-state index in [2.05, 4.69) is 0 Å². The fourth-order valence-corrected chi connectivity index (χ4v) is 4.25. The quantitative estimate of drug-likeness (QED) is 0.686. The first-order chi connectivity index (χ1) is 14.9. The molecule has 0 aliphatic carbocycles. The van der Waals surface area contributed by atoms with E-state index in [1.165, 1.54) is 0 Å². The molecule has 0 bridgehead atoms. The van der Waals surface area contributed by atoms with Gasteiger partial charge in [0.15, 0.2) is 12.1 Å². The lowest BCUT2D eigenvalue weighted by molar-refractivity contribution is -0.222. The van der Waals surface area contributed by atoms with Crippen LogP contribution < -0.4 is 4.74 Å². The zero-order chi connectivity index (χ0) is 22.0. The molecule has 2 aromatic carbocycles. The number of aliphatic carboxylic acids is 1. The summed E-state index contributed by atoms with van der Waals surface area (Å²) < 4.78 is 29.8. The Bertz CT molecular complexity index is 881. The van der Waals surface area contributed by atoms with Gasteiger partial charge in [0.25, 0.3) is 0 Å². The van der Waals surface area contributed by atoms with E-state index in [1.807, 2.05) is 68.4 Å². The van der Waals surface area contributed by atoms with Crippen LogP contribution in [0.4, 0.5) is 0 Å². The van der Waals surface area contributed by atoms with Crippen molar-refractivity contribution in [3.05, 3.63) is 65.7 Å². The molecule has 2 aliphatic heterocycles. The first-order valence-electron chi connectivity index (χ1n) is 10.4. The van der Waals surface area contributed by atoms with Crippen LogP contribution in [0.3, 0.4) is 0 Å². The molecule has 0 saturated carbocycles. The van der Waals surface area contributed by atoms with Gasteiger partial charge in [0.05, 0.1) is 26.2 Å². The van der Waals surface area contributed by atoms with Gasteiger partial charge in [-0.15, -0.1) is 0 Å². The Balaban J connectivity index is 1.61. The molecule has 2 aromatic rings. The van der Waals surface area contributed by atoms with E-state index in [0.717, 1.165) is 11.1 Å². The zero-order valence-electron chi connectivity index (χ0n) is 17.9. The molecule has 2 saturated heterocycles. The lowest BCUT2D eigenvalue weighted by Gasteiger charge is -2.31. The van der Waals surface area contributed by atoms with Gasteiger partial charge >= 0.3 is 5.97 Å². The average molecular weight is 428 g/mol. The van der Waals surface area contributed by atoms with Crippen molar-refractivity contribution in [2.24, 2.45) is 0 Å². The summed E-state index contributed by atoms with van der Waals surface area (Å²) in [6, 6.07) is 17.2. The second-order valence-corrected chi connectivity index (χ2v) is 8.31. The summed E-state index contributed by atoms with van der Waals surface area (Å²) in [5, 5.41) is 9.60. The van der Waals surface area contributed by atoms with Gasteiger partial charge < -0.3 is 28.8 Å². The number of ether oxygens (including phenoxy) is 5. The van der Waals surface area contributed by atoms with Crippen molar-refractivity contribution in [2.75, 3.05) is 7.11 Å². The highest BCUT2D eigenvalue weighted by Crippen LogP contribution is 2.44. The summed E-state index contributed by atoms with van der Waals surface area (Å²) >= 11 is 0. The topological polar surface area (TPSA) is 83.5 Å². The maximum atomic E-state index is 11.7. The number of hydrogen-bond acceptors (Lipinski definition) is 6. The fraction of sp³-hybridized carbons (Fsp3) is 0.458. The lowest BCUT2D eigenvalue weighted by Crippen LogP contribution is -2.40. The van der Waals surface area contributed by atoms with E-state index < -0.39 is 42.3 Å². The Hall–Kier alpha value is -2.45. The van der Waals surface area contributed by atoms with Gasteiger partial charge in [0.2, 0.25) is 0 Å². The first-order valence-corrected chi connectivity index (χ1v) is 10.4. The van der Waals surface area contributed by atoms with Crippen LogP contribution in [0.1, 0.15) is 37.3 Å². The van der Waals surface area contributed by atoms with Crippen LogP contribution in [0.2, 0.25) is 0 Å². The van der Waals surface area contributed by atoms with Crippen LogP contribution in [0.5, 0.6) is 5.75 Å². The molecule has 7 heteroatoms. The van der Waals surface area contributed by atoms with Gasteiger partial charge in [-0.25, -0.2) is 0 Å². The highest BCUT2D eigenvalue weighted by atomic mass is 16.8. The summed E-state index contributed by atoms with van der Waals surface area (Å²) in [5.74, 6) is -1.44. The van der Waals surface area contributed by atoms with Gasteiger partial charge in [-0.05, 0) is 37.1 Å². The largest absolute Gasteiger partial charge is 0.497 e. The minimum Gasteiger partial charge on any atom is -0.497 e. The van der Waals surface area contributed by atoms with Crippen molar-refractivity contribution < 1.29 is 33.6 Å². The summed E-state index contributed by atoms with van der Waals surface area (Å²) in [6.07, 6.45) is -2.20. The van der Waals surface area contributed by atoms with Crippen molar-refractivity contribution in [1.82, 2.24) is 0 Å². The molecular formula is C24H28O7. The normalized spacial score (nSPS) is 27.6. The Morgan fingerprint density at radius 2 is 1.81 bits per heavy atom. The summed E-state index contributed by atoms with van der Waals surface area (Å²) in [5.41, 5.74) is 1.85. The van der Waals surface area contributed by atoms with E-state index in [-0.39, 0.29) is 6.42 Å². The third-order valence-electron chi connectivity index (χ3n) is 5.65. The Morgan fingerprint density at radius 1 is 1.10 bits per heavy atom. The average Bonchev–Trinajstić information content (AvgIpc) is 3.22. The molecule has 0 amide bonds. The molecule has 2 heterocycles. The lowest BCUT2D eigenvalue weighted by atomic mass is 9.87. The molecule has 1 N–H and O–H groups in total. The predicted molar refractivity (Wildman–Crippen MR) is 112 cm³/mol. The fourth-order valence-electron chi connectivity index (χ4n) is 4.25. The zero-order valence-corrected chi connectivity index (χ0v) is 17.9. The number of rotatable bonds is 8. The van der Waals surface area contributed by atoms with E-state index in [0.29, 0.717) is 12.4 Å². The number of carboxylic acid groups (broad SMARTS) is 1. The molecule has 0 spiro atoms. The predicted octanol–water partition coefficient (Wildman–Crippen LogP) is 3.72. The van der Waals surface area contributed by atoms with E-state index in [1.54, 1.807) is 7.11 Å². The van der Waals surface area contributed by atoms with Crippen molar-refractivity contribution in [3.8, 4) is 5.75 Å². The Labute approximate surface area is 181 Å². The van der Waals surface area contributed by atoms with Gasteiger partial charge in [-0.3, -0.25) is 4.79 Å². The molecule has 31 heavy (non-hydrogen) atoms. The number of carbonyl (C=O) groups is 1. The number of carboxylic acids is 1. The molecule has 0 aromatic heterocycles. The number of hydrogen-bond donors (Lipinski definition) is 1. The Morgan fingerprint density at radius 3 is 2.45 bits per heavy atom. The van der Waals surface area contributed by atoms with Gasteiger partial charge in [-0.1, -0.05) is 42.5 Å². The number of fused-ring (bicyclic) bond motifs is 1. The maximum absolute atomic E-state index is 11.7. The summed E-state index contributed by atoms with van der Waals surface area (Å²) in [4.78, 5) is 11.7. The summed E-state index contributed by atoms with van der Waals surface area (Å²) in [6.45, 7) is 4.02. The molecule has 2 aliphatic rings. The highest BCUT2D eigenvalue weighted by molar-refractivity contribution is 5.68. The molecule has 5 atom stereocenters. The van der Waals surface area contributed by atoms with Gasteiger partial charge in [-0.2, -0.15) is 0 Å². The van der Waals surface area contributed by atoms with E-state index in [4.69, 9.17) is 23.7 Å². The molecule has 0 radical (unpaired) electrons. The standard InChI is InChI=1S/C24H28O7/c1-24(2)30-22-21(28-14-15-7-5-4-6-8-15)20(29-23(22)31-24)18(13-19(25)26)16-9-11-17(27-3)12-10-16/h4-12,18,20-23H,13-14H2,1-3H3,(H,25,26)/t18-,20-,21+,22-,23-/m1/s1. The third kappa shape index (κ3) is 4.91. The number of benzene rings is 2.